The van der Waals surface area contributed by atoms with Crippen LogP contribution in [0.1, 0.15) is 36.0 Å². The number of rotatable bonds is 3. The number of halogens is 2. The Kier molecular flexibility index (Phi) is 4.41. The summed E-state index contributed by atoms with van der Waals surface area (Å²) in [5.41, 5.74) is -0.171. The van der Waals surface area contributed by atoms with E-state index in [-0.39, 0.29) is 11.6 Å². The molecule has 2 fully saturated rings. The molecule has 2 aliphatic rings. The van der Waals surface area contributed by atoms with E-state index in [2.05, 4.69) is 19.0 Å². The minimum Gasteiger partial charge on any atom is -0.339 e. The Morgan fingerprint density at radius 3 is 2.13 bits per heavy atom. The topological polar surface area (TPSA) is 23.6 Å². The number of carbonyl (C=O) groups excluding carboxylic acids is 1. The summed E-state index contributed by atoms with van der Waals surface area (Å²) in [7, 11) is 5.94. The first-order valence-electron chi connectivity index (χ1n) is 8.25. The number of hydrogen-bond donors (Lipinski definition) is 0. The molecule has 3 rings (SSSR count). The largest absolute Gasteiger partial charge is 0.339 e. The molecule has 2 saturated carbocycles. The van der Waals surface area contributed by atoms with E-state index in [0.29, 0.717) is 17.9 Å². The van der Waals surface area contributed by atoms with Gasteiger partial charge in [-0.3, -0.25) is 4.79 Å². The Labute approximate surface area is 136 Å². The minimum absolute atomic E-state index is 0.128. The molecule has 1 amide bonds. The molecule has 0 heterocycles. The summed E-state index contributed by atoms with van der Waals surface area (Å²) in [4.78, 5) is 16.4. The monoisotopic (exact) mass is 322 g/mol. The van der Waals surface area contributed by atoms with Crippen molar-refractivity contribution in [2.75, 3.05) is 21.1 Å². The molecular weight excluding hydrogens is 298 g/mol. The molecule has 0 saturated heterocycles. The average Bonchev–Trinajstić information content (AvgIpc) is 3.06. The van der Waals surface area contributed by atoms with Gasteiger partial charge in [0.05, 0.1) is 5.56 Å². The second kappa shape index (κ2) is 6.19. The molecule has 2 aliphatic carbocycles. The summed E-state index contributed by atoms with van der Waals surface area (Å²) in [5.74, 6) is -0.384. The van der Waals surface area contributed by atoms with Crippen LogP contribution in [0, 0.1) is 23.5 Å². The van der Waals surface area contributed by atoms with E-state index in [1.54, 1.807) is 11.9 Å². The van der Waals surface area contributed by atoms with Gasteiger partial charge in [0.2, 0.25) is 0 Å². The van der Waals surface area contributed by atoms with E-state index in [9.17, 15) is 13.6 Å². The fourth-order valence-corrected chi connectivity index (χ4v) is 4.31. The molecule has 2 unspecified atom stereocenters. The molecule has 0 aliphatic heterocycles. The number of hydrogen-bond acceptors (Lipinski definition) is 2. The predicted molar refractivity (Wildman–Crippen MR) is 85.2 cm³/mol. The molecule has 4 atom stereocenters. The maximum atomic E-state index is 13.8. The van der Waals surface area contributed by atoms with Crippen LogP contribution in [0.25, 0.3) is 0 Å². The number of benzene rings is 1. The Bertz CT molecular complexity index is 591. The predicted octanol–water partition coefficient (Wildman–Crippen LogP) is 3.16. The van der Waals surface area contributed by atoms with Crippen molar-refractivity contribution >= 4 is 5.91 Å². The van der Waals surface area contributed by atoms with E-state index >= 15 is 0 Å². The first-order chi connectivity index (χ1) is 10.9. The molecule has 5 heteroatoms. The summed E-state index contributed by atoms with van der Waals surface area (Å²) in [6.07, 6.45) is 4.28. The fraction of sp³-hybridized carbons (Fsp3) is 0.611. The maximum absolute atomic E-state index is 13.8. The number of carbonyl (C=O) groups is 1. The Morgan fingerprint density at radius 2 is 1.57 bits per heavy atom. The molecule has 23 heavy (non-hydrogen) atoms. The van der Waals surface area contributed by atoms with Gasteiger partial charge in [-0.15, -0.1) is 0 Å². The summed E-state index contributed by atoms with van der Waals surface area (Å²) in [5, 5.41) is 0. The molecule has 3 nitrogen and oxygen atoms in total. The zero-order valence-electron chi connectivity index (χ0n) is 13.9. The Balaban J connectivity index is 1.67. The second-order valence-electron chi connectivity index (χ2n) is 7.27. The minimum atomic E-state index is -0.658. The summed E-state index contributed by atoms with van der Waals surface area (Å²) in [6, 6.07) is 3.80. The molecule has 126 valence electrons. The van der Waals surface area contributed by atoms with Crippen molar-refractivity contribution in [1.29, 1.82) is 0 Å². The van der Waals surface area contributed by atoms with Crippen molar-refractivity contribution in [3.8, 4) is 0 Å². The maximum Gasteiger partial charge on any atom is 0.256 e. The van der Waals surface area contributed by atoms with E-state index in [1.165, 1.54) is 12.8 Å². The highest BCUT2D eigenvalue weighted by atomic mass is 19.1. The van der Waals surface area contributed by atoms with Crippen LogP contribution in [0.15, 0.2) is 18.2 Å². The third-order valence-electron chi connectivity index (χ3n) is 5.72. The van der Waals surface area contributed by atoms with Gasteiger partial charge in [-0.25, -0.2) is 8.78 Å². The zero-order valence-corrected chi connectivity index (χ0v) is 13.9. The van der Waals surface area contributed by atoms with Crippen molar-refractivity contribution < 1.29 is 13.6 Å². The van der Waals surface area contributed by atoms with Gasteiger partial charge >= 0.3 is 0 Å². The van der Waals surface area contributed by atoms with Crippen molar-refractivity contribution in [3.63, 3.8) is 0 Å². The summed E-state index contributed by atoms with van der Waals surface area (Å²) >= 11 is 0. The SMILES string of the molecule is CN(C)C1C[C@@H]2CC(N(C)C(=O)c3cc(F)ccc3F)C[C@@H]2C1. The number of nitrogens with zero attached hydrogens (tertiary/aromatic N) is 2. The standard InChI is InChI=1S/C18H24F2N2O/c1-21(2)14-6-11-8-15(9-12(11)7-14)22(3)18(23)16-10-13(19)4-5-17(16)20/h4-5,10-12,14-15H,6-9H2,1-3H3/t11-,12+,14?,15?. The Morgan fingerprint density at radius 1 is 1.00 bits per heavy atom. The first-order valence-corrected chi connectivity index (χ1v) is 8.25. The molecule has 0 radical (unpaired) electrons. The third-order valence-corrected chi connectivity index (χ3v) is 5.72. The van der Waals surface area contributed by atoms with Crippen molar-refractivity contribution in [2.24, 2.45) is 11.8 Å². The van der Waals surface area contributed by atoms with Crippen LogP contribution in [-0.4, -0.2) is 48.9 Å². The van der Waals surface area contributed by atoms with E-state index in [4.69, 9.17) is 0 Å². The first kappa shape index (κ1) is 16.4. The average molecular weight is 322 g/mol. The quantitative estimate of drug-likeness (QED) is 0.853. The van der Waals surface area contributed by atoms with Gasteiger partial charge < -0.3 is 9.80 Å². The van der Waals surface area contributed by atoms with Crippen LogP contribution < -0.4 is 0 Å². The van der Waals surface area contributed by atoms with Gasteiger partial charge in [0.25, 0.3) is 5.91 Å². The number of fused-ring (bicyclic) bond motifs is 1. The summed E-state index contributed by atoms with van der Waals surface area (Å²) < 4.78 is 27.1. The lowest BCUT2D eigenvalue weighted by Crippen LogP contribution is -2.37. The highest BCUT2D eigenvalue weighted by Gasteiger charge is 2.44. The van der Waals surface area contributed by atoms with Crippen LogP contribution in [0.5, 0.6) is 0 Å². The van der Waals surface area contributed by atoms with Gasteiger partial charge in [-0.2, -0.15) is 0 Å². The van der Waals surface area contributed by atoms with Crippen LogP contribution >= 0.6 is 0 Å². The summed E-state index contributed by atoms with van der Waals surface area (Å²) in [6.45, 7) is 0. The molecule has 0 aromatic heterocycles. The zero-order chi connectivity index (χ0) is 16.7. The van der Waals surface area contributed by atoms with E-state index in [0.717, 1.165) is 31.0 Å². The molecule has 0 bridgehead atoms. The molecular formula is C18H24F2N2O. The normalized spacial score (nSPS) is 29.8. The smallest absolute Gasteiger partial charge is 0.256 e. The number of amides is 1. The third kappa shape index (κ3) is 3.11. The molecule has 1 aromatic rings. The van der Waals surface area contributed by atoms with Crippen LogP contribution in [0.3, 0.4) is 0 Å². The van der Waals surface area contributed by atoms with Gasteiger partial charge in [-0.05, 0) is 69.8 Å². The lowest BCUT2D eigenvalue weighted by Gasteiger charge is -2.27. The fourth-order valence-electron chi connectivity index (χ4n) is 4.31. The van der Waals surface area contributed by atoms with E-state index in [1.807, 2.05) is 0 Å². The van der Waals surface area contributed by atoms with Crippen LogP contribution in [0.4, 0.5) is 8.78 Å². The van der Waals surface area contributed by atoms with Crippen LogP contribution in [0.2, 0.25) is 0 Å². The highest BCUT2D eigenvalue weighted by Crippen LogP contribution is 2.46. The second-order valence-corrected chi connectivity index (χ2v) is 7.27. The lowest BCUT2D eigenvalue weighted by atomic mass is 10.0. The Hall–Kier alpha value is -1.49. The van der Waals surface area contributed by atoms with Gasteiger partial charge in [0, 0.05) is 19.1 Å². The van der Waals surface area contributed by atoms with Crippen LogP contribution in [-0.2, 0) is 0 Å². The molecule has 0 spiro atoms. The van der Waals surface area contributed by atoms with Crippen molar-refractivity contribution in [1.82, 2.24) is 9.80 Å². The molecule has 0 N–H and O–H groups in total. The highest BCUT2D eigenvalue weighted by molar-refractivity contribution is 5.94. The van der Waals surface area contributed by atoms with Gasteiger partial charge in [0.15, 0.2) is 0 Å². The van der Waals surface area contributed by atoms with E-state index < -0.39 is 17.5 Å². The van der Waals surface area contributed by atoms with Crippen molar-refractivity contribution in [3.05, 3.63) is 35.4 Å². The molecule has 1 aromatic carbocycles. The van der Waals surface area contributed by atoms with Gasteiger partial charge in [0.1, 0.15) is 11.6 Å². The lowest BCUT2D eigenvalue weighted by molar-refractivity contribution is 0.0721. The van der Waals surface area contributed by atoms with Crippen molar-refractivity contribution in [2.45, 2.75) is 37.8 Å². The van der Waals surface area contributed by atoms with Gasteiger partial charge in [-0.1, -0.05) is 0 Å².